The maximum Gasteiger partial charge on any atom is -1.00 e. The minimum atomic E-state index is 0. The normalized spacial score (nSPS) is 13.5. The Hall–Kier alpha value is -0.557. The van der Waals surface area contributed by atoms with Crippen LogP contribution >= 0.6 is 0 Å². The first-order valence-electron chi connectivity index (χ1n) is 4.46. The smallest absolute Gasteiger partial charge is 1.00 e. The number of allylic oxidation sites excluding steroid dienone is 4. The molecule has 77 valence electrons. The quantitative estimate of drug-likeness (QED) is 0.523. The molecule has 1 aromatic rings. The number of hydrogen-bond acceptors (Lipinski definition) is 0. The second-order valence-corrected chi connectivity index (χ2v) is 4.85. The van der Waals surface area contributed by atoms with Crippen molar-refractivity contribution in [2.75, 3.05) is 0 Å². The van der Waals surface area contributed by atoms with E-state index in [1.54, 1.807) is 28.0 Å². The van der Waals surface area contributed by atoms with Crippen LogP contribution in [0.15, 0.2) is 39.7 Å². The molecule has 0 heterocycles. The summed E-state index contributed by atoms with van der Waals surface area (Å²) in [5, 5.41) is 0. The zero-order valence-electron chi connectivity index (χ0n) is 8.43. The predicted molar refractivity (Wildman–Crippen MR) is 51.9 cm³/mol. The first-order valence-corrected chi connectivity index (χ1v) is 5.68. The van der Waals surface area contributed by atoms with Crippen LogP contribution in [0.2, 0.25) is 0 Å². The summed E-state index contributed by atoms with van der Waals surface area (Å²) in [5.74, 6) is 0. The van der Waals surface area contributed by atoms with Crippen LogP contribution in [0.5, 0.6) is 0 Å². The third-order valence-corrected chi connectivity index (χ3v) is 3.42. The maximum atomic E-state index is 2.26. The monoisotopic (exact) mass is 283 g/mol. The minimum absolute atomic E-state index is 0. The molecule has 0 atom stereocenters. The summed E-state index contributed by atoms with van der Waals surface area (Å²) in [6, 6.07) is 8.73. The van der Waals surface area contributed by atoms with E-state index in [0.29, 0.717) is 0 Å². The fourth-order valence-electron chi connectivity index (χ4n) is 1.59. The molecule has 2 rings (SSSR count). The van der Waals surface area contributed by atoms with E-state index in [0.717, 1.165) is 6.42 Å². The van der Waals surface area contributed by atoms with Crippen LogP contribution in [-0.2, 0) is 24.7 Å². The molecule has 0 bridgehead atoms. The van der Waals surface area contributed by atoms with Gasteiger partial charge in [-0.15, -0.1) is 0 Å². The topological polar surface area (TPSA) is 0 Å². The van der Waals surface area contributed by atoms with E-state index in [1.807, 2.05) is 0 Å². The third kappa shape index (κ3) is 3.20. The van der Waals surface area contributed by atoms with Crippen LogP contribution < -0.4 is 9.41 Å². The summed E-state index contributed by atoms with van der Waals surface area (Å²) in [4.78, 5) is 0. The van der Waals surface area contributed by atoms with Crippen LogP contribution in [-0.4, -0.2) is 0 Å². The number of rotatable bonds is 1. The van der Waals surface area contributed by atoms with E-state index in [2.05, 4.69) is 43.3 Å². The van der Waals surface area contributed by atoms with E-state index in [4.69, 9.17) is 0 Å². The predicted octanol–water partition coefficient (Wildman–Crippen LogP) is -2.78. The Labute approximate surface area is 104 Å². The zero-order valence-corrected chi connectivity index (χ0v) is 10.9. The second-order valence-electron chi connectivity index (χ2n) is 3.37. The van der Waals surface area contributed by atoms with Gasteiger partial charge in [0.05, 0.1) is 0 Å². The van der Waals surface area contributed by atoms with Gasteiger partial charge in [-0.3, -0.25) is 0 Å². The van der Waals surface area contributed by atoms with Crippen LogP contribution in [0.3, 0.4) is 0 Å². The van der Waals surface area contributed by atoms with Crippen molar-refractivity contribution in [2.45, 2.75) is 13.3 Å². The first-order chi connectivity index (χ1) is 6.27. The van der Waals surface area contributed by atoms with Gasteiger partial charge in [0, 0.05) is 0 Å². The first kappa shape index (κ1) is 14.4. The van der Waals surface area contributed by atoms with Crippen molar-refractivity contribution in [3.8, 4) is 0 Å². The van der Waals surface area contributed by atoms with Crippen molar-refractivity contribution in [2.24, 2.45) is 0 Å². The van der Waals surface area contributed by atoms with Crippen LogP contribution in [0, 0.1) is 6.92 Å². The van der Waals surface area contributed by atoms with Crippen molar-refractivity contribution in [3.05, 3.63) is 50.8 Å². The Morgan fingerprint density at radius 1 is 1.20 bits per heavy atom. The van der Waals surface area contributed by atoms with Gasteiger partial charge in [-0.25, -0.2) is 0 Å². The molecule has 0 unspecified atom stereocenters. The largest absolute Gasteiger partial charge is 1.00 e. The molecule has 0 saturated heterocycles. The van der Waals surface area contributed by atoms with Crippen molar-refractivity contribution in [1.82, 2.24) is 0 Å². The third-order valence-electron chi connectivity index (χ3n) is 2.26. The number of benzene rings is 1. The Bertz CT molecular complexity index is 394. The Morgan fingerprint density at radius 2 is 1.93 bits per heavy atom. The van der Waals surface area contributed by atoms with Crippen molar-refractivity contribution in [3.63, 3.8) is 0 Å². The molecule has 0 fully saturated rings. The molecule has 0 N–H and O–H groups in total. The molecule has 0 aliphatic heterocycles. The Balaban J connectivity index is 0.000000980. The van der Waals surface area contributed by atoms with Gasteiger partial charge in [-0.05, 0) is 0 Å². The standard InChI is InChI=1S/C12H11.2FH.Zr/c1-10-5-4-8-12(9-10)11-6-2-3-7-11;;;/h2,4-6,8-9H,3H2,1H3;2*1H;/q;;;+2/p-2. The molecule has 1 aromatic carbocycles. The Morgan fingerprint density at radius 3 is 2.47 bits per heavy atom. The van der Waals surface area contributed by atoms with E-state index in [-0.39, 0.29) is 9.41 Å². The molecular weight excluding hydrogens is 273 g/mol. The van der Waals surface area contributed by atoms with Crippen LogP contribution in [0.25, 0.3) is 5.57 Å². The second kappa shape index (κ2) is 6.12. The van der Waals surface area contributed by atoms with Crippen LogP contribution in [0.4, 0.5) is 0 Å². The minimum Gasteiger partial charge on any atom is -1.00 e. The van der Waals surface area contributed by atoms with Gasteiger partial charge in [0.2, 0.25) is 0 Å². The summed E-state index contributed by atoms with van der Waals surface area (Å²) in [6.07, 6.45) is 5.65. The molecule has 0 aromatic heterocycles. The molecule has 0 nitrogen and oxygen atoms in total. The molecule has 0 amide bonds. The molecule has 0 radical (unpaired) electrons. The average Bonchev–Trinajstić information content (AvgIpc) is 2.51. The van der Waals surface area contributed by atoms with E-state index in [1.165, 1.54) is 16.7 Å². The van der Waals surface area contributed by atoms with Gasteiger partial charge >= 0.3 is 94.5 Å². The SMILES string of the molecule is Cc1cccc(C2=[C]([Zr+2])CC=C2)c1.[F-].[F-]. The number of aryl methyl sites for hydroxylation is 1. The summed E-state index contributed by atoms with van der Waals surface area (Å²) in [7, 11) is 0. The van der Waals surface area contributed by atoms with Gasteiger partial charge in [-0.1, -0.05) is 0 Å². The Kier molecular flexibility index (Phi) is 5.89. The molecule has 0 saturated carbocycles. The molecule has 3 heteroatoms. The zero-order chi connectivity index (χ0) is 9.26. The van der Waals surface area contributed by atoms with Crippen molar-refractivity contribution < 1.29 is 34.1 Å². The summed E-state index contributed by atoms with van der Waals surface area (Å²) < 4.78 is 1.57. The molecular formula is C12H11F2Zr. The number of halogens is 2. The van der Waals surface area contributed by atoms with E-state index in [9.17, 15) is 0 Å². The van der Waals surface area contributed by atoms with Gasteiger partial charge < -0.3 is 9.41 Å². The fourth-order valence-corrected chi connectivity index (χ4v) is 2.44. The van der Waals surface area contributed by atoms with Gasteiger partial charge in [0.25, 0.3) is 0 Å². The van der Waals surface area contributed by atoms with Crippen molar-refractivity contribution >= 4 is 5.57 Å². The summed E-state index contributed by atoms with van der Waals surface area (Å²) in [6.45, 7) is 2.14. The molecule has 1 aliphatic rings. The van der Waals surface area contributed by atoms with Crippen LogP contribution in [0.1, 0.15) is 17.5 Å². The average molecular weight is 284 g/mol. The molecule has 15 heavy (non-hydrogen) atoms. The van der Waals surface area contributed by atoms with Crippen molar-refractivity contribution in [1.29, 1.82) is 0 Å². The van der Waals surface area contributed by atoms with Gasteiger partial charge in [0.1, 0.15) is 0 Å². The maximum absolute atomic E-state index is 2.26. The summed E-state index contributed by atoms with van der Waals surface area (Å²) in [5.41, 5.74) is 4.16. The molecule has 0 spiro atoms. The van der Waals surface area contributed by atoms with E-state index >= 15 is 0 Å². The summed E-state index contributed by atoms with van der Waals surface area (Å²) >= 11 is 1.55. The van der Waals surface area contributed by atoms with E-state index < -0.39 is 0 Å². The number of hydrogen-bond donors (Lipinski definition) is 0. The van der Waals surface area contributed by atoms with Gasteiger partial charge in [-0.2, -0.15) is 0 Å². The fraction of sp³-hybridized carbons (Fsp3) is 0.167. The van der Waals surface area contributed by atoms with Gasteiger partial charge in [0.15, 0.2) is 0 Å². The molecule has 1 aliphatic carbocycles.